The molecule has 0 bridgehead atoms. The Morgan fingerprint density at radius 1 is 1.24 bits per heavy atom. The molecule has 0 aliphatic heterocycles. The number of hydrogen-bond acceptors (Lipinski definition) is 5. The van der Waals surface area contributed by atoms with Crippen LogP contribution in [0.2, 0.25) is 0 Å². The van der Waals surface area contributed by atoms with Gasteiger partial charge in [0.2, 0.25) is 5.78 Å². The van der Waals surface area contributed by atoms with Gasteiger partial charge in [0, 0.05) is 23.7 Å². The van der Waals surface area contributed by atoms with Crippen molar-refractivity contribution >= 4 is 17.5 Å². The van der Waals surface area contributed by atoms with Crippen molar-refractivity contribution in [2.24, 2.45) is 28.6 Å². The fourth-order valence-corrected chi connectivity index (χ4v) is 7.28. The molecule has 10 heteroatoms. The van der Waals surface area contributed by atoms with Gasteiger partial charge in [-0.3, -0.25) is 14.4 Å². The van der Waals surface area contributed by atoms with E-state index in [1.165, 1.54) is 13.8 Å². The molecule has 0 aromatic rings. The lowest BCUT2D eigenvalue weighted by Crippen LogP contribution is -2.69. The lowest BCUT2D eigenvalue weighted by Gasteiger charge is -2.63. The standard InChI is InChI=1S/C24H27F5O5/c1-12(30)34-11-19(32)22(33)7-5-14-16-9-17(24(27,28)29)15-8-13(31)4-6-20(15,2)23(16,26)18(25)10-21(14,22)3/h4,6,8,14,16-18,33H,5,7,9-11H2,1-3H3/t14-,16-,17?,18?,20-,21-,22-,23-/m0/s1. The van der Waals surface area contributed by atoms with Crippen LogP contribution in [0.4, 0.5) is 22.0 Å². The van der Waals surface area contributed by atoms with Crippen LogP contribution < -0.4 is 0 Å². The third-order valence-corrected chi connectivity index (χ3v) is 9.07. The SMILES string of the molecule is CC(=O)OCC(=O)[C@@]1(O)CC[C@H]2[C@@H]3CC(C(F)(F)F)C4=CC(=O)C=C[C@]4(C)[C@@]3(F)C(F)C[C@@]21C. The summed E-state index contributed by atoms with van der Waals surface area (Å²) in [4.78, 5) is 35.9. The molecule has 1 N–H and O–H groups in total. The lowest BCUT2D eigenvalue weighted by molar-refractivity contribution is -0.235. The number of Topliss-reactive ketones (excluding diaryl/α,β-unsaturated/α-hetero) is 1. The van der Waals surface area contributed by atoms with Crippen molar-refractivity contribution in [1.82, 2.24) is 0 Å². The van der Waals surface area contributed by atoms with E-state index in [4.69, 9.17) is 4.74 Å². The number of carbonyl (C=O) groups is 3. The molecule has 4 aliphatic rings. The van der Waals surface area contributed by atoms with Crippen LogP contribution in [-0.2, 0) is 19.1 Å². The van der Waals surface area contributed by atoms with E-state index in [-0.39, 0.29) is 12.8 Å². The molecule has 4 aliphatic carbocycles. The fraction of sp³-hybridized carbons (Fsp3) is 0.708. The van der Waals surface area contributed by atoms with Crippen molar-refractivity contribution < 1.29 is 46.2 Å². The van der Waals surface area contributed by atoms with Crippen LogP contribution >= 0.6 is 0 Å². The minimum Gasteiger partial charge on any atom is -0.458 e. The molecule has 0 amide bonds. The molecule has 0 saturated heterocycles. The normalized spacial score (nSPS) is 45.7. The summed E-state index contributed by atoms with van der Waals surface area (Å²) >= 11 is 0. The molecular formula is C24H27F5O5. The predicted molar refractivity (Wildman–Crippen MR) is 109 cm³/mol. The van der Waals surface area contributed by atoms with E-state index in [1.807, 2.05) is 0 Å². The summed E-state index contributed by atoms with van der Waals surface area (Å²) in [5, 5.41) is 11.4. The Hall–Kier alpha value is -2.10. The molecule has 0 radical (unpaired) electrons. The molecule has 0 aromatic carbocycles. The van der Waals surface area contributed by atoms with Gasteiger partial charge in [-0.05, 0) is 56.3 Å². The van der Waals surface area contributed by atoms with Crippen LogP contribution in [0.25, 0.3) is 0 Å². The van der Waals surface area contributed by atoms with Gasteiger partial charge in [-0.1, -0.05) is 13.0 Å². The second-order valence-electron chi connectivity index (χ2n) is 10.5. The quantitative estimate of drug-likeness (QED) is 0.478. The molecule has 8 atom stereocenters. The molecule has 34 heavy (non-hydrogen) atoms. The molecule has 188 valence electrons. The van der Waals surface area contributed by atoms with Crippen LogP contribution in [-0.4, -0.2) is 52.9 Å². The molecular weight excluding hydrogens is 463 g/mol. The number of rotatable bonds is 3. The molecule has 0 aromatic heterocycles. The Kier molecular flexibility index (Phi) is 5.48. The summed E-state index contributed by atoms with van der Waals surface area (Å²) in [7, 11) is 0. The zero-order valence-electron chi connectivity index (χ0n) is 19.0. The highest BCUT2D eigenvalue weighted by Gasteiger charge is 2.76. The van der Waals surface area contributed by atoms with Gasteiger partial charge in [0.25, 0.3) is 0 Å². The zero-order valence-corrected chi connectivity index (χ0v) is 19.0. The van der Waals surface area contributed by atoms with Crippen LogP contribution in [0, 0.1) is 28.6 Å². The molecule has 0 spiro atoms. The molecule has 0 heterocycles. The minimum absolute atomic E-state index is 0.00418. The van der Waals surface area contributed by atoms with E-state index in [9.17, 15) is 32.7 Å². The van der Waals surface area contributed by atoms with E-state index < -0.39 is 94.8 Å². The summed E-state index contributed by atoms with van der Waals surface area (Å²) in [6, 6.07) is 0. The van der Waals surface area contributed by atoms with Gasteiger partial charge >= 0.3 is 12.1 Å². The van der Waals surface area contributed by atoms with E-state index in [0.29, 0.717) is 0 Å². The summed E-state index contributed by atoms with van der Waals surface area (Å²) in [6.07, 6.45) is -5.95. The number of fused-ring (bicyclic) bond motifs is 5. The van der Waals surface area contributed by atoms with Crippen LogP contribution in [0.15, 0.2) is 23.8 Å². The average molecular weight is 490 g/mol. The number of hydrogen-bond donors (Lipinski definition) is 1. The summed E-state index contributed by atoms with van der Waals surface area (Å²) in [5.41, 5.74) is -9.02. The summed E-state index contributed by atoms with van der Waals surface area (Å²) < 4.78 is 80.0. The van der Waals surface area contributed by atoms with Crippen molar-refractivity contribution in [3.05, 3.63) is 23.8 Å². The first-order chi connectivity index (χ1) is 15.5. The fourth-order valence-electron chi connectivity index (χ4n) is 7.28. The lowest BCUT2D eigenvalue weighted by atomic mass is 9.43. The second-order valence-corrected chi connectivity index (χ2v) is 10.5. The largest absolute Gasteiger partial charge is 0.458 e. The second kappa shape index (κ2) is 7.45. The number of halogens is 5. The highest BCUT2D eigenvalue weighted by Crippen LogP contribution is 2.72. The van der Waals surface area contributed by atoms with Crippen molar-refractivity contribution in [2.75, 3.05) is 6.61 Å². The number of ether oxygens (including phenoxy) is 1. The van der Waals surface area contributed by atoms with Crippen molar-refractivity contribution in [3.8, 4) is 0 Å². The molecule has 5 nitrogen and oxygen atoms in total. The third-order valence-electron chi connectivity index (χ3n) is 9.07. The van der Waals surface area contributed by atoms with Gasteiger partial charge in [0.15, 0.2) is 18.1 Å². The maximum absolute atomic E-state index is 17.0. The predicted octanol–water partition coefficient (Wildman–Crippen LogP) is 3.99. The van der Waals surface area contributed by atoms with Crippen LogP contribution in [0.5, 0.6) is 0 Å². The van der Waals surface area contributed by atoms with E-state index >= 15 is 8.78 Å². The first-order valence-corrected chi connectivity index (χ1v) is 11.3. The van der Waals surface area contributed by atoms with Crippen molar-refractivity contribution in [2.45, 2.75) is 70.1 Å². The summed E-state index contributed by atoms with van der Waals surface area (Å²) in [5.74, 6) is -6.94. The Bertz CT molecular complexity index is 1000. The average Bonchev–Trinajstić information content (AvgIpc) is 2.98. The van der Waals surface area contributed by atoms with E-state index in [0.717, 1.165) is 25.2 Å². The first kappa shape index (κ1) is 25.0. The van der Waals surface area contributed by atoms with E-state index in [2.05, 4.69) is 0 Å². The molecule has 4 rings (SSSR count). The number of ketones is 2. The van der Waals surface area contributed by atoms with Gasteiger partial charge in [-0.15, -0.1) is 0 Å². The highest BCUT2D eigenvalue weighted by molar-refractivity contribution is 6.01. The summed E-state index contributed by atoms with van der Waals surface area (Å²) in [6.45, 7) is 2.89. The Balaban J connectivity index is 1.81. The smallest absolute Gasteiger partial charge is 0.395 e. The van der Waals surface area contributed by atoms with Crippen molar-refractivity contribution in [1.29, 1.82) is 0 Å². The van der Waals surface area contributed by atoms with Crippen LogP contribution in [0.1, 0.15) is 46.5 Å². The monoisotopic (exact) mass is 490 g/mol. The van der Waals surface area contributed by atoms with E-state index in [1.54, 1.807) is 0 Å². The number of allylic oxidation sites excluding steroid dienone is 4. The Labute approximate surface area is 193 Å². The molecule has 3 saturated carbocycles. The van der Waals surface area contributed by atoms with Gasteiger partial charge in [0.1, 0.15) is 11.8 Å². The minimum atomic E-state index is -4.81. The number of esters is 1. The zero-order chi connectivity index (χ0) is 25.5. The maximum Gasteiger partial charge on any atom is 0.395 e. The van der Waals surface area contributed by atoms with Gasteiger partial charge < -0.3 is 9.84 Å². The highest BCUT2D eigenvalue weighted by atomic mass is 19.4. The van der Waals surface area contributed by atoms with Crippen molar-refractivity contribution in [3.63, 3.8) is 0 Å². The Morgan fingerprint density at radius 3 is 2.47 bits per heavy atom. The van der Waals surface area contributed by atoms with Gasteiger partial charge in [-0.2, -0.15) is 13.2 Å². The molecule has 2 unspecified atom stereocenters. The van der Waals surface area contributed by atoms with Crippen LogP contribution in [0.3, 0.4) is 0 Å². The van der Waals surface area contributed by atoms with Gasteiger partial charge in [-0.25, -0.2) is 8.78 Å². The topological polar surface area (TPSA) is 80.7 Å². The number of alkyl halides is 5. The third kappa shape index (κ3) is 3.09. The molecule has 3 fully saturated rings. The van der Waals surface area contributed by atoms with Gasteiger partial charge in [0.05, 0.1) is 5.92 Å². The maximum atomic E-state index is 17.0. The first-order valence-electron chi connectivity index (χ1n) is 11.3. The Morgan fingerprint density at radius 2 is 1.88 bits per heavy atom. The number of aliphatic hydroxyl groups is 1. The number of carbonyl (C=O) groups excluding carboxylic acids is 3.